The molecule has 1 atom stereocenters. The smallest absolute Gasteiger partial charge is 0.308 e. The van der Waals surface area contributed by atoms with Crippen molar-refractivity contribution in [2.75, 3.05) is 6.61 Å². The minimum absolute atomic E-state index is 0.00548. The van der Waals surface area contributed by atoms with Crippen LogP contribution in [0.5, 0.6) is 17.4 Å². The number of carbonyl (C=O) groups is 1. The van der Waals surface area contributed by atoms with Gasteiger partial charge in [-0.3, -0.25) is 4.79 Å². The molecule has 0 saturated carbocycles. The highest BCUT2D eigenvalue weighted by molar-refractivity contribution is 9.10. The van der Waals surface area contributed by atoms with Gasteiger partial charge < -0.3 is 19.1 Å². The second-order valence-electron chi connectivity index (χ2n) is 9.21. The van der Waals surface area contributed by atoms with E-state index in [4.69, 9.17) is 9.47 Å². The highest BCUT2D eigenvalue weighted by Gasteiger charge is 2.29. The van der Waals surface area contributed by atoms with Gasteiger partial charge in [0.1, 0.15) is 6.61 Å². The highest BCUT2D eigenvalue weighted by atomic mass is 79.9. The van der Waals surface area contributed by atoms with Gasteiger partial charge in [-0.25, -0.2) is 0 Å². The average molecular weight is 514 g/mol. The quantitative estimate of drug-likeness (QED) is 0.386. The first-order valence-corrected chi connectivity index (χ1v) is 11.9. The van der Waals surface area contributed by atoms with E-state index in [1.807, 2.05) is 36.4 Å². The molecule has 1 aliphatic heterocycles. The number of rotatable bonds is 5. The third-order valence-corrected chi connectivity index (χ3v) is 6.19. The van der Waals surface area contributed by atoms with Crippen molar-refractivity contribution in [1.29, 1.82) is 0 Å². The molecule has 0 spiro atoms. The Morgan fingerprint density at radius 1 is 1.21 bits per heavy atom. The summed E-state index contributed by atoms with van der Waals surface area (Å²) in [5, 5.41) is 19.6. The number of aryl methyl sites for hydroxylation is 1. The number of azo groups is 1. The second-order valence-corrected chi connectivity index (χ2v) is 10.1. The van der Waals surface area contributed by atoms with Crippen molar-refractivity contribution < 1.29 is 19.4 Å². The zero-order chi connectivity index (χ0) is 23.8. The Bertz CT molecular complexity index is 1230. The predicted molar refractivity (Wildman–Crippen MR) is 131 cm³/mol. The number of hydrogen-bond acceptors (Lipinski definition) is 5. The number of aromatic hydroxyl groups is 1. The van der Waals surface area contributed by atoms with Crippen molar-refractivity contribution in [1.82, 2.24) is 4.57 Å². The summed E-state index contributed by atoms with van der Waals surface area (Å²) in [5.74, 6) is 0.551. The summed E-state index contributed by atoms with van der Waals surface area (Å²) in [6.45, 7) is 9.12. The van der Waals surface area contributed by atoms with E-state index in [1.54, 1.807) is 4.57 Å². The normalized spacial score (nSPS) is 16.0. The number of halogens is 1. The van der Waals surface area contributed by atoms with Crippen LogP contribution in [-0.4, -0.2) is 28.3 Å². The van der Waals surface area contributed by atoms with Crippen LogP contribution in [0.25, 0.3) is 10.9 Å². The lowest BCUT2D eigenvalue weighted by atomic mass is 9.87. The Balaban J connectivity index is 1.59. The molecule has 1 aliphatic rings. The van der Waals surface area contributed by atoms with E-state index in [1.165, 1.54) is 0 Å². The largest absolute Gasteiger partial charge is 0.493 e. The lowest BCUT2D eigenvalue weighted by Crippen LogP contribution is -2.35. The fourth-order valence-electron chi connectivity index (χ4n) is 3.76. The van der Waals surface area contributed by atoms with Gasteiger partial charge in [0.15, 0.2) is 17.2 Å². The first-order valence-electron chi connectivity index (χ1n) is 11.1. The molecule has 0 fully saturated rings. The molecular weight excluding hydrogens is 486 g/mol. The fourth-order valence-corrected chi connectivity index (χ4v) is 4.12. The van der Waals surface area contributed by atoms with Crippen molar-refractivity contribution in [2.24, 2.45) is 10.2 Å². The molecule has 1 N–H and O–H groups in total. The van der Waals surface area contributed by atoms with E-state index in [2.05, 4.69) is 53.9 Å². The van der Waals surface area contributed by atoms with Crippen LogP contribution in [-0.2, 0) is 16.8 Å². The first kappa shape index (κ1) is 23.3. The maximum atomic E-state index is 12.8. The number of benzene rings is 2. The van der Waals surface area contributed by atoms with Crippen LogP contribution in [0, 0.1) is 0 Å². The SMILES string of the molecule is CCCCn1c(O)c(N=NC(=O)[C@@H]2COc3ccc(C(C)(C)C)cc3O2)c2cc(Br)ccc21. The van der Waals surface area contributed by atoms with Crippen LogP contribution in [0.1, 0.15) is 46.1 Å². The summed E-state index contributed by atoms with van der Waals surface area (Å²) in [6, 6.07) is 11.4. The van der Waals surface area contributed by atoms with Crippen LogP contribution in [0.3, 0.4) is 0 Å². The third-order valence-electron chi connectivity index (χ3n) is 5.70. The maximum Gasteiger partial charge on any atom is 0.308 e. The number of carbonyl (C=O) groups excluding carboxylic acids is 1. The van der Waals surface area contributed by atoms with Gasteiger partial charge in [0.05, 0.1) is 5.52 Å². The summed E-state index contributed by atoms with van der Waals surface area (Å²) in [6.07, 6.45) is 0.993. The van der Waals surface area contributed by atoms with Gasteiger partial charge in [-0.1, -0.05) is 56.1 Å². The van der Waals surface area contributed by atoms with Gasteiger partial charge in [-0.2, -0.15) is 0 Å². The van der Waals surface area contributed by atoms with E-state index >= 15 is 0 Å². The Hall–Kier alpha value is -2.87. The minimum Gasteiger partial charge on any atom is -0.493 e. The number of fused-ring (bicyclic) bond motifs is 2. The Morgan fingerprint density at radius 3 is 2.73 bits per heavy atom. The molecule has 1 amide bonds. The van der Waals surface area contributed by atoms with E-state index < -0.39 is 12.0 Å². The molecule has 0 radical (unpaired) electrons. The molecule has 8 heteroatoms. The summed E-state index contributed by atoms with van der Waals surface area (Å²) < 4.78 is 14.3. The first-order chi connectivity index (χ1) is 15.7. The maximum absolute atomic E-state index is 12.8. The topological polar surface area (TPSA) is 85.4 Å². The highest BCUT2D eigenvalue weighted by Crippen LogP contribution is 2.41. The monoisotopic (exact) mass is 513 g/mol. The summed E-state index contributed by atoms with van der Waals surface area (Å²) >= 11 is 3.46. The molecule has 174 valence electrons. The van der Waals surface area contributed by atoms with E-state index in [-0.39, 0.29) is 23.6 Å². The lowest BCUT2D eigenvalue weighted by molar-refractivity contribution is -0.127. The number of hydrogen-bond donors (Lipinski definition) is 1. The number of nitrogens with zero attached hydrogens (tertiary/aromatic N) is 3. The number of amides is 1. The number of aromatic nitrogens is 1. The summed E-state index contributed by atoms with van der Waals surface area (Å²) in [7, 11) is 0. The summed E-state index contributed by atoms with van der Waals surface area (Å²) in [4.78, 5) is 12.8. The fraction of sp³-hybridized carbons (Fsp3) is 0.400. The molecule has 7 nitrogen and oxygen atoms in total. The zero-order valence-electron chi connectivity index (χ0n) is 19.3. The average Bonchev–Trinajstić information content (AvgIpc) is 3.04. The number of unbranched alkanes of at least 4 members (excludes halogenated alkanes) is 1. The third kappa shape index (κ3) is 4.76. The van der Waals surface area contributed by atoms with Gasteiger partial charge in [0, 0.05) is 16.4 Å². The molecule has 33 heavy (non-hydrogen) atoms. The van der Waals surface area contributed by atoms with Gasteiger partial charge in [0.25, 0.3) is 0 Å². The van der Waals surface area contributed by atoms with Gasteiger partial charge >= 0.3 is 5.91 Å². The Labute approximate surface area is 201 Å². The molecule has 0 aliphatic carbocycles. The van der Waals surface area contributed by atoms with Gasteiger partial charge in [0.2, 0.25) is 12.0 Å². The number of ether oxygens (including phenoxy) is 2. The molecule has 3 aromatic rings. The molecule has 1 aromatic heterocycles. The lowest BCUT2D eigenvalue weighted by Gasteiger charge is -2.27. The van der Waals surface area contributed by atoms with Crippen molar-refractivity contribution >= 4 is 38.4 Å². The van der Waals surface area contributed by atoms with Gasteiger partial charge in [-0.05, 0) is 47.7 Å². The van der Waals surface area contributed by atoms with E-state index in [0.717, 1.165) is 33.8 Å². The molecule has 0 saturated heterocycles. The Morgan fingerprint density at radius 2 is 2.00 bits per heavy atom. The molecule has 2 heterocycles. The van der Waals surface area contributed by atoms with Gasteiger partial charge in [-0.15, -0.1) is 10.2 Å². The molecular formula is C25H28BrN3O4. The van der Waals surface area contributed by atoms with Crippen molar-refractivity contribution in [3.05, 3.63) is 46.4 Å². The molecule has 0 unspecified atom stereocenters. The van der Waals surface area contributed by atoms with Crippen molar-refractivity contribution in [3.63, 3.8) is 0 Å². The molecule has 0 bridgehead atoms. The zero-order valence-corrected chi connectivity index (χ0v) is 20.8. The predicted octanol–water partition coefficient (Wildman–Crippen LogP) is 6.66. The van der Waals surface area contributed by atoms with Crippen LogP contribution in [0.4, 0.5) is 5.69 Å². The van der Waals surface area contributed by atoms with E-state index in [9.17, 15) is 9.90 Å². The Kier molecular flexibility index (Phi) is 6.47. The van der Waals surface area contributed by atoms with Crippen LogP contribution >= 0.6 is 15.9 Å². The van der Waals surface area contributed by atoms with Crippen LogP contribution in [0.15, 0.2) is 51.1 Å². The minimum atomic E-state index is -0.904. The summed E-state index contributed by atoms with van der Waals surface area (Å²) in [5.41, 5.74) is 2.12. The van der Waals surface area contributed by atoms with Crippen LogP contribution in [0.2, 0.25) is 0 Å². The second kappa shape index (κ2) is 9.17. The molecule has 4 rings (SSSR count). The van der Waals surface area contributed by atoms with Crippen LogP contribution < -0.4 is 9.47 Å². The van der Waals surface area contributed by atoms with Crippen molar-refractivity contribution in [3.8, 4) is 17.4 Å². The van der Waals surface area contributed by atoms with Crippen molar-refractivity contribution in [2.45, 2.75) is 58.6 Å². The molecule has 2 aromatic carbocycles. The standard InChI is InChI=1S/C25H28BrN3O4/c1-5-6-11-29-18-9-8-16(26)13-17(18)22(24(29)31)27-28-23(30)21-14-32-19-10-7-15(25(2,3)4)12-20(19)33-21/h7-10,12-13,21,31H,5-6,11,14H2,1-4H3/t21-/m0/s1. The van der Waals surface area contributed by atoms with E-state index in [0.29, 0.717) is 18.0 Å².